The first-order valence-corrected chi connectivity index (χ1v) is 14.3. The van der Waals surface area contributed by atoms with Crippen LogP contribution in [0.5, 0.6) is 11.5 Å². The van der Waals surface area contributed by atoms with Crippen LogP contribution in [-0.4, -0.2) is 42.1 Å². The number of methoxy groups -OCH3 is 1. The minimum atomic E-state index is -0.345. The van der Waals surface area contributed by atoms with Gasteiger partial charge in [0, 0.05) is 25.1 Å². The van der Waals surface area contributed by atoms with Crippen LogP contribution in [0.3, 0.4) is 0 Å². The number of carbonyl (C=O) groups excluding carboxylic acids is 2. The van der Waals surface area contributed by atoms with E-state index < -0.39 is 0 Å². The number of hydrogen-bond donors (Lipinski definition) is 3. The van der Waals surface area contributed by atoms with Crippen molar-refractivity contribution in [2.75, 3.05) is 20.2 Å². The number of aryl methyl sites for hydroxylation is 1. The number of aromatic hydroxyl groups is 1. The molecule has 0 atom stereocenters. The molecule has 0 radical (unpaired) electrons. The third-order valence-electron chi connectivity index (χ3n) is 6.83. The second-order valence-corrected chi connectivity index (χ2v) is 12.6. The fourth-order valence-electron chi connectivity index (χ4n) is 4.51. The van der Waals surface area contributed by atoms with Crippen LogP contribution in [0.1, 0.15) is 88.0 Å². The number of amides is 2. The largest absolute Gasteiger partial charge is 0.507 e. The van der Waals surface area contributed by atoms with E-state index in [0.29, 0.717) is 66.6 Å². The predicted octanol–water partition coefficient (Wildman–Crippen LogP) is 6.56. The fourth-order valence-corrected chi connectivity index (χ4v) is 4.77. The van der Waals surface area contributed by atoms with E-state index in [-0.39, 0.29) is 28.3 Å². The Hall–Kier alpha value is -3.52. The van der Waals surface area contributed by atoms with E-state index in [1.165, 1.54) is 13.5 Å². The zero-order valence-electron chi connectivity index (χ0n) is 25.1. The standard InChI is InChI=1S/C32H42ClN3O5/c1-31(2,3)22-16-20(17-23(28(22)38)32(4,5)6)10-13-26(37)34-14-8-9-15-35-30(39)27-29(41-19-36-27)21-11-12-25(40-7)24(33)18-21/h11-12,16-19,38H,8-10,13-15H2,1-7H3,(H,34,37)(H,35,39). The molecule has 8 nitrogen and oxygen atoms in total. The van der Waals surface area contributed by atoms with Crippen molar-refractivity contribution >= 4 is 23.4 Å². The van der Waals surface area contributed by atoms with Crippen LogP contribution < -0.4 is 15.4 Å². The summed E-state index contributed by atoms with van der Waals surface area (Å²) in [5.74, 6) is 0.829. The van der Waals surface area contributed by atoms with Gasteiger partial charge in [0.15, 0.2) is 17.8 Å². The van der Waals surface area contributed by atoms with Gasteiger partial charge in [0.25, 0.3) is 5.91 Å². The van der Waals surface area contributed by atoms with E-state index in [4.69, 9.17) is 20.8 Å². The Morgan fingerprint density at radius 2 is 1.59 bits per heavy atom. The molecule has 0 aliphatic rings. The Labute approximate surface area is 247 Å². The van der Waals surface area contributed by atoms with Crippen molar-refractivity contribution in [3.63, 3.8) is 0 Å². The number of aromatic nitrogens is 1. The van der Waals surface area contributed by atoms with Gasteiger partial charge in [-0.1, -0.05) is 65.3 Å². The van der Waals surface area contributed by atoms with Crippen LogP contribution in [0.15, 0.2) is 41.1 Å². The number of phenolic OH excluding ortho intramolecular Hbond substituents is 1. The van der Waals surface area contributed by atoms with Gasteiger partial charge in [-0.25, -0.2) is 4.98 Å². The first-order chi connectivity index (χ1) is 19.2. The summed E-state index contributed by atoms with van der Waals surface area (Å²) in [7, 11) is 1.53. The summed E-state index contributed by atoms with van der Waals surface area (Å²) in [4.78, 5) is 29.3. The maximum absolute atomic E-state index is 12.7. The number of carbonyl (C=O) groups is 2. The predicted molar refractivity (Wildman–Crippen MR) is 162 cm³/mol. The maximum Gasteiger partial charge on any atom is 0.273 e. The highest BCUT2D eigenvalue weighted by atomic mass is 35.5. The van der Waals surface area contributed by atoms with Crippen LogP contribution >= 0.6 is 11.6 Å². The highest BCUT2D eigenvalue weighted by Crippen LogP contribution is 2.40. The van der Waals surface area contributed by atoms with E-state index in [0.717, 1.165) is 16.7 Å². The third-order valence-corrected chi connectivity index (χ3v) is 7.13. The topological polar surface area (TPSA) is 114 Å². The molecule has 0 bridgehead atoms. The maximum atomic E-state index is 12.7. The second-order valence-electron chi connectivity index (χ2n) is 12.2. The monoisotopic (exact) mass is 583 g/mol. The number of nitrogens with zero attached hydrogens (tertiary/aromatic N) is 1. The molecule has 0 aliphatic carbocycles. The summed E-state index contributed by atoms with van der Waals surface area (Å²) < 4.78 is 10.6. The molecular weight excluding hydrogens is 542 g/mol. The Morgan fingerprint density at radius 3 is 2.15 bits per heavy atom. The summed E-state index contributed by atoms with van der Waals surface area (Å²) in [6, 6.07) is 9.15. The number of oxazole rings is 1. The first kappa shape index (κ1) is 32.0. The zero-order valence-corrected chi connectivity index (χ0v) is 25.9. The molecule has 9 heteroatoms. The molecule has 0 unspecified atom stereocenters. The van der Waals surface area contributed by atoms with Crippen molar-refractivity contribution in [3.8, 4) is 22.8 Å². The van der Waals surface area contributed by atoms with Gasteiger partial charge in [-0.05, 0) is 65.0 Å². The van der Waals surface area contributed by atoms with Crippen LogP contribution in [-0.2, 0) is 22.0 Å². The van der Waals surface area contributed by atoms with Gasteiger partial charge in [0.05, 0.1) is 12.1 Å². The van der Waals surface area contributed by atoms with Crippen LogP contribution in [0, 0.1) is 0 Å². The number of benzene rings is 2. The van der Waals surface area contributed by atoms with E-state index in [1.54, 1.807) is 18.2 Å². The van der Waals surface area contributed by atoms with E-state index >= 15 is 0 Å². The molecule has 41 heavy (non-hydrogen) atoms. The summed E-state index contributed by atoms with van der Waals surface area (Å²) in [5.41, 5.74) is 3.21. The van der Waals surface area contributed by atoms with Crippen molar-refractivity contribution < 1.29 is 23.8 Å². The summed E-state index contributed by atoms with van der Waals surface area (Å²) in [6.45, 7) is 13.4. The number of hydrogen-bond acceptors (Lipinski definition) is 6. The first-order valence-electron chi connectivity index (χ1n) is 13.9. The SMILES string of the molecule is COc1ccc(-c2ocnc2C(=O)NCCCCNC(=O)CCc2cc(C(C)(C)C)c(O)c(C(C)(C)C)c2)cc1Cl. The van der Waals surface area contributed by atoms with E-state index in [2.05, 4.69) is 57.2 Å². The number of halogens is 1. The molecule has 0 fully saturated rings. The fraction of sp³-hybridized carbons (Fsp3) is 0.469. The molecular formula is C32H42ClN3O5. The molecule has 222 valence electrons. The van der Waals surface area contributed by atoms with Crippen LogP contribution in [0.4, 0.5) is 0 Å². The molecule has 2 amide bonds. The highest BCUT2D eigenvalue weighted by Gasteiger charge is 2.26. The van der Waals surface area contributed by atoms with Gasteiger partial charge in [-0.15, -0.1) is 0 Å². The van der Waals surface area contributed by atoms with Gasteiger partial charge in [0.2, 0.25) is 5.91 Å². The number of phenols is 1. The Kier molecular flexibility index (Phi) is 10.5. The zero-order chi connectivity index (χ0) is 30.4. The number of rotatable bonds is 11. The van der Waals surface area contributed by atoms with Crippen LogP contribution in [0.2, 0.25) is 5.02 Å². The molecule has 3 N–H and O–H groups in total. The van der Waals surface area contributed by atoms with Gasteiger partial charge < -0.3 is 24.9 Å². The summed E-state index contributed by atoms with van der Waals surface area (Å²) in [6.07, 6.45) is 3.58. The Balaban J connectivity index is 1.44. The Bertz CT molecular complexity index is 1330. The quantitative estimate of drug-likeness (QED) is 0.220. The van der Waals surface area contributed by atoms with Crippen molar-refractivity contribution in [3.05, 3.63) is 64.1 Å². The lowest BCUT2D eigenvalue weighted by atomic mass is 9.78. The smallest absolute Gasteiger partial charge is 0.273 e. The lowest BCUT2D eigenvalue weighted by molar-refractivity contribution is -0.121. The average molecular weight is 584 g/mol. The minimum absolute atomic E-state index is 0.0258. The van der Waals surface area contributed by atoms with Crippen molar-refractivity contribution in [2.45, 2.75) is 78.1 Å². The molecule has 0 aliphatic heterocycles. The van der Waals surface area contributed by atoms with Gasteiger partial charge in [0.1, 0.15) is 11.5 Å². The average Bonchev–Trinajstić information content (AvgIpc) is 3.38. The van der Waals surface area contributed by atoms with Gasteiger partial charge >= 0.3 is 0 Å². The molecule has 0 saturated heterocycles. The molecule has 0 saturated carbocycles. The van der Waals surface area contributed by atoms with Crippen molar-refractivity contribution in [2.24, 2.45) is 0 Å². The number of nitrogens with one attached hydrogen (secondary N) is 2. The molecule has 0 spiro atoms. The Morgan fingerprint density at radius 1 is 0.976 bits per heavy atom. The second kappa shape index (κ2) is 13.4. The lowest BCUT2D eigenvalue weighted by Crippen LogP contribution is -2.28. The lowest BCUT2D eigenvalue weighted by Gasteiger charge is -2.28. The molecule has 3 rings (SSSR count). The normalized spacial score (nSPS) is 11.8. The van der Waals surface area contributed by atoms with Gasteiger partial charge in [-0.3, -0.25) is 9.59 Å². The van der Waals surface area contributed by atoms with Crippen molar-refractivity contribution in [1.29, 1.82) is 0 Å². The van der Waals surface area contributed by atoms with E-state index in [1.807, 2.05) is 12.1 Å². The molecule has 1 aromatic heterocycles. The summed E-state index contributed by atoms with van der Waals surface area (Å²) in [5, 5.41) is 17.1. The third kappa shape index (κ3) is 8.49. The molecule has 3 aromatic rings. The summed E-state index contributed by atoms with van der Waals surface area (Å²) >= 11 is 6.21. The minimum Gasteiger partial charge on any atom is -0.507 e. The van der Waals surface area contributed by atoms with Gasteiger partial charge in [-0.2, -0.15) is 0 Å². The van der Waals surface area contributed by atoms with E-state index in [9.17, 15) is 14.7 Å². The number of unbranched alkanes of at least 4 members (excludes halogenated alkanes) is 1. The van der Waals surface area contributed by atoms with Crippen LogP contribution in [0.25, 0.3) is 11.3 Å². The molecule has 1 heterocycles. The van der Waals surface area contributed by atoms with Crippen molar-refractivity contribution in [1.82, 2.24) is 15.6 Å². The molecule has 2 aromatic carbocycles. The number of ether oxygens (including phenoxy) is 1. The highest BCUT2D eigenvalue weighted by molar-refractivity contribution is 6.32.